The van der Waals surface area contributed by atoms with E-state index in [2.05, 4.69) is 45.5 Å². The van der Waals surface area contributed by atoms with Gasteiger partial charge in [0.15, 0.2) is 11.3 Å². The average molecular weight is 529 g/mol. The van der Waals surface area contributed by atoms with Crippen LogP contribution in [-0.2, 0) is 0 Å². The summed E-state index contributed by atoms with van der Waals surface area (Å²) in [6.07, 6.45) is 0. The number of benzene rings is 5. The van der Waals surface area contributed by atoms with Gasteiger partial charge in [-0.3, -0.25) is 9.13 Å². The topological polar surface area (TPSA) is 65.8 Å². The lowest BCUT2D eigenvalue weighted by Crippen LogP contribution is -2.03. The highest BCUT2D eigenvalue weighted by Gasteiger charge is 2.21. The minimum Gasteiger partial charge on any atom is -0.422 e. The number of fused-ring (bicyclic) bond motifs is 9. The molecular weight excluding hydrogens is 508 g/mol. The van der Waals surface area contributed by atoms with Crippen LogP contribution in [0.25, 0.3) is 77.3 Å². The van der Waals surface area contributed by atoms with Crippen molar-refractivity contribution >= 4 is 65.9 Å². The molecule has 0 N–H and O–H groups in total. The fraction of sp³-hybridized carbons (Fsp3) is 0. The second-order valence-corrected chi connectivity index (χ2v) is 10.2. The molecule has 0 saturated heterocycles. The maximum absolute atomic E-state index is 13.1. The third kappa shape index (κ3) is 3.04. The molecule has 0 spiro atoms. The summed E-state index contributed by atoms with van der Waals surface area (Å²) in [6.45, 7) is 0. The van der Waals surface area contributed by atoms with E-state index in [0.717, 1.165) is 66.3 Å². The maximum Gasteiger partial charge on any atom is 0.344 e. The van der Waals surface area contributed by atoms with Crippen LogP contribution in [0.5, 0.6) is 0 Å². The quantitative estimate of drug-likeness (QED) is 0.169. The van der Waals surface area contributed by atoms with E-state index in [1.165, 1.54) is 0 Å². The summed E-state index contributed by atoms with van der Waals surface area (Å²) in [5.41, 5.74) is 7.24. The van der Waals surface area contributed by atoms with Crippen LogP contribution in [0, 0.1) is 0 Å². The molecule has 6 nitrogen and oxygen atoms in total. The van der Waals surface area contributed by atoms with Gasteiger partial charge in [-0.15, -0.1) is 0 Å². The van der Waals surface area contributed by atoms with Gasteiger partial charge in [0.25, 0.3) is 0 Å². The maximum atomic E-state index is 13.1. The number of nitrogens with zero attached hydrogens (tertiary/aromatic N) is 4. The third-order valence-electron chi connectivity index (χ3n) is 7.96. The molecule has 9 rings (SSSR count). The fourth-order valence-electron chi connectivity index (χ4n) is 6.16. The van der Waals surface area contributed by atoms with E-state index in [1.807, 2.05) is 84.9 Å². The fourth-order valence-corrected chi connectivity index (χ4v) is 6.16. The van der Waals surface area contributed by atoms with E-state index in [1.54, 1.807) is 0 Å². The van der Waals surface area contributed by atoms with Crippen molar-refractivity contribution in [3.63, 3.8) is 0 Å². The van der Waals surface area contributed by atoms with Crippen molar-refractivity contribution in [2.45, 2.75) is 0 Å². The summed E-state index contributed by atoms with van der Waals surface area (Å²) >= 11 is 0. The SMILES string of the molecule is O=c1oc2ccccc2c2ccc(-n3c4ccccc4c4nc5c6ccccc6n(-c6ccccc6)c5nc43)cc12. The highest BCUT2D eigenvalue weighted by atomic mass is 16.4. The highest BCUT2D eigenvalue weighted by molar-refractivity contribution is 6.13. The van der Waals surface area contributed by atoms with E-state index >= 15 is 0 Å². The summed E-state index contributed by atoms with van der Waals surface area (Å²) in [6, 6.07) is 40.3. The molecule has 41 heavy (non-hydrogen) atoms. The van der Waals surface area contributed by atoms with E-state index in [0.29, 0.717) is 11.0 Å². The number of para-hydroxylation sites is 4. The molecule has 6 heteroatoms. The Bertz CT molecular complexity index is 2560. The van der Waals surface area contributed by atoms with Gasteiger partial charge in [0, 0.05) is 32.9 Å². The van der Waals surface area contributed by atoms with E-state index < -0.39 is 0 Å². The summed E-state index contributed by atoms with van der Waals surface area (Å²) in [7, 11) is 0. The van der Waals surface area contributed by atoms with Gasteiger partial charge in [-0.2, -0.15) is 0 Å². The lowest BCUT2D eigenvalue weighted by molar-refractivity contribution is 0.569. The normalized spacial score (nSPS) is 12.0. The van der Waals surface area contributed by atoms with E-state index in [4.69, 9.17) is 14.4 Å². The molecule has 192 valence electrons. The van der Waals surface area contributed by atoms with Crippen LogP contribution in [-0.4, -0.2) is 19.1 Å². The van der Waals surface area contributed by atoms with Crippen LogP contribution in [0.1, 0.15) is 0 Å². The minimum absolute atomic E-state index is 0.362. The van der Waals surface area contributed by atoms with Gasteiger partial charge >= 0.3 is 5.63 Å². The Balaban J connectivity index is 1.42. The Morgan fingerprint density at radius 3 is 1.78 bits per heavy atom. The molecule has 0 aliphatic rings. The summed E-state index contributed by atoms with van der Waals surface area (Å²) in [5, 5.41) is 4.34. The zero-order valence-corrected chi connectivity index (χ0v) is 21.7. The third-order valence-corrected chi connectivity index (χ3v) is 7.96. The summed E-state index contributed by atoms with van der Waals surface area (Å²) in [4.78, 5) is 23.7. The predicted octanol–water partition coefficient (Wildman–Crippen LogP) is 7.93. The van der Waals surface area contributed by atoms with Gasteiger partial charge in [-0.25, -0.2) is 14.8 Å². The lowest BCUT2D eigenvalue weighted by Gasteiger charge is -2.10. The molecule has 0 amide bonds. The van der Waals surface area contributed by atoms with Crippen LogP contribution in [0.2, 0.25) is 0 Å². The number of hydrogen-bond donors (Lipinski definition) is 0. The Morgan fingerprint density at radius 1 is 0.488 bits per heavy atom. The Hall–Kier alpha value is -5.75. The van der Waals surface area contributed by atoms with Crippen molar-refractivity contribution in [3.8, 4) is 11.4 Å². The van der Waals surface area contributed by atoms with E-state index in [9.17, 15) is 4.79 Å². The Labute approximate surface area is 232 Å². The zero-order chi connectivity index (χ0) is 27.1. The molecule has 0 radical (unpaired) electrons. The molecule has 0 aliphatic heterocycles. The van der Waals surface area contributed by atoms with Crippen LogP contribution in [0.15, 0.2) is 131 Å². The first-order chi connectivity index (χ1) is 20.3. The van der Waals surface area contributed by atoms with Crippen molar-refractivity contribution in [1.82, 2.24) is 19.1 Å². The van der Waals surface area contributed by atoms with Gasteiger partial charge in [-0.1, -0.05) is 78.9 Å². The molecule has 9 aromatic rings. The largest absolute Gasteiger partial charge is 0.422 e. The van der Waals surface area contributed by atoms with Crippen LogP contribution < -0.4 is 5.63 Å². The number of hydrogen-bond acceptors (Lipinski definition) is 4. The standard InChI is InChI=1S/C35H20N4O2/c40-35-27-20-22(18-19-23(27)24-12-6-9-17-30(24)41-35)39-29-16-8-5-14-26(29)32-34(39)37-33-31(36-32)25-13-4-7-15-28(25)38(33)21-10-2-1-3-11-21/h1-20H. The number of rotatable bonds is 2. The molecule has 0 atom stereocenters. The molecule has 5 aromatic carbocycles. The monoisotopic (exact) mass is 528 g/mol. The Morgan fingerprint density at radius 2 is 1.07 bits per heavy atom. The molecule has 4 aromatic heterocycles. The molecule has 0 fully saturated rings. The van der Waals surface area contributed by atoms with Gasteiger partial charge in [-0.05, 0) is 42.5 Å². The average Bonchev–Trinajstić information content (AvgIpc) is 3.52. The number of aromatic nitrogens is 4. The first-order valence-corrected chi connectivity index (χ1v) is 13.5. The minimum atomic E-state index is -0.362. The summed E-state index contributed by atoms with van der Waals surface area (Å²) in [5.74, 6) is 0. The second kappa shape index (κ2) is 8.13. The molecular formula is C35H20N4O2. The predicted molar refractivity (Wildman–Crippen MR) is 164 cm³/mol. The van der Waals surface area contributed by atoms with Crippen molar-refractivity contribution in [2.75, 3.05) is 0 Å². The summed E-state index contributed by atoms with van der Waals surface area (Å²) < 4.78 is 9.94. The smallest absolute Gasteiger partial charge is 0.344 e. The molecule has 4 heterocycles. The molecule has 0 bridgehead atoms. The van der Waals surface area contributed by atoms with Crippen LogP contribution in [0.3, 0.4) is 0 Å². The zero-order valence-electron chi connectivity index (χ0n) is 21.7. The first kappa shape index (κ1) is 22.1. The van der Waals surface area contributed by atoms with Crippen molar-refractivity contribution in [2.24, 2.45) is 0 Å². The van der Waals surface area contributed by atoms with Crippen molar-refractivity contribution < 1.29 is 4.42 Å². The van der Waals surface area contributed by atoms with Crippen molar-refractivity contribution in [3.05, 3.63) is 132 Å². The molecule has 0 saturated carbocycles. The van der Waals surface area contributed by atoms with Gasteiger partial charge in [0.1, 0.15) is 16.6 Å². The Kier molecular flexibility index (Phi) is 4.38. The molecule has 0 aliphatic carbocycles. The first-order valence-electron chi connectivity index (χ1n) is 13.5. The van der Waals surface area contributed by atoms with Crippen LogP contribution in [0.4, 0.5) is 0 Å². The van der Waals surface area contributed by atoms with Crippen molar-refractivity contribution in [1.29, 1.82) is 0 Å². The van der Waals surface area contributed by atoms with Crippen LogP contribution >= 0.6 is 0 Å². The van der Waals surface area contributed by atoms with Gasteiger partial charge < -0.3 is 4.42 Å². The van der Waals surface area contributed by atoms with E-state index in [-0.39, 0.29) is 5.63 Å². The second-order valence-electron chi connectivity index (χ2n) is 10.2. The van der Waals surface area contributed by atoms with Gasteiger partial charge in [0.05, 0.1) is 16.4 Å². The molecule has 0 unspecified atom stereocenters. The van der Waals surface area contributed by atoms with Gasteiger partial charge in [0.2, 0.25) is 0 Å². The lowest BCUT2D eigenvalue weighted by atomic mass is 10.1. The highest BCUT2D eigenvalue weighted by Crippen LogP contribution is 2.36.